The van der Waals surface area contributed by atoms with Crippen LogP contribution in [0.3, 0.4) is 0 Å². The van der Waals surface area contributed by atoms with Crippen LogP contribution in [0.4, 0.5) is 5.69 Å². The first-order valence-electron chi connectivity index (χ1n) is 7.01. The van der Waals surface area contributed by atoms with Crippen LogP contribution < -0.4 is 10.0 Å². The van der Waals surface area contributed by atoms with Gasteiger partial charge in [-0.2, -0.15) is 0 Å². The minimum Gasteiger partial charge on any atom is -0.385 e. The van der Waals surface area contributed by atoms with E-state index in [0.717, 1.165) is 43.6 Å². The Bertz CT molecular complexity index is 556. The van der Waals surface area contributed by atoms with Crippen LogP contribution in [0.1, 0.15) is 18.4 Å². The molecule has 2 rings (SSSR count). The maximum Gasteiger partial charge on any atom is 0.240 e. The summed E-state index contributed by atoms with van der Waals surface area (Å²) in [5.74, 6) is 0. The van der Waals surface area contributed by atoms with Crippen molar-refractivity contribution in [2.75, 3.05) is 39.0 Å². The fourth-order valence-corrected chi connectivity index (χ4v) is 3.77. The van der Waals surface area contributed by atoms with Crippen LogP contribution in [-0.2, 0) is 16.4 Å². The molecule has 20 heavy (non-hydrogen) atoms. The lowest BCUT2D eigenvalue weighted by molar-refractivity contribution is 0.400. The van der Waals surface area contributed by atoms with Crippen molar-refractivity contribution >= 4 is 15.7 Å². The molecule has 112 valence electrons. The molecule has 1 aromatic rings. The molecule has 0 radical (unpaired) electrons. The fraction of sp³-hybridized carbons (Fsp3) is 0.571. The molecule has 0 aliphatic carbocycles. The molecule has 5 nitrogen and oxygen atoms in total. The summed E-state index contributed by atoms with van der Waals surface area (Å²) in [4.78, 5) is 2.47. The lowest BCUT2D eigenvalue weighted by Gasteiger charge is -2.21. The van der Waals surface area contributed by atoms with Gasteiger partial charge < -0.3 is 10.2 Å². The Morgan fingerprint density at radius 3 is 2.90 bits per heavy atom. The number of hydrogen-bond donors (Lipinski definition) is 2. The van der Waals surface area contributed by atoms with Gasteiger partial charge in [-0.05, 0) is 57.6 Å². The van der Waals surface area contributed by atoms with Crippen molar-refractivity contribution in [3.8, 4) is 0 Å². The van der Waals surface area contributed by atoms with E-state index in [4.69, 9.17) is 0 Å². The molecule has 0 saturated carbocycles. The number of rotatable bonds is 6. The topological polar surface area (TPSA) is 61.4 Å². The molecule has 0 bridgehead atoms. The predicted molar refractivity (Wildman–Crippen MR) is 81.6 cm³/mol. The minimum absolute atomic E-state index is 0.423. The quantitative estimate of drug-likeness (QED) is 0.777. The van der Waals surface area contributed by atoms with Gasteiger partial charge in [-0.3, -0.25) is 0 Å². The first-order chi connectivity index (χ1) is 9.50. The molecule has 1 heterocycles. The van der Waals surface area contributed by atoms with Gasteiger partial charge in [0.2, 0.25) is 10.0 Å². The SMILES string of the molecule is CN(C)CCCNS(=O)(=O)c1cccc2c1CCCN2. The molecular formula is C14H23N3O2S. The van der Waals surface area contributed by atoms with Crippen LogP contribution in [-0.4, -0.2) is 47.0 Å². The normalized spacial score (nSPS) is 14.9. The van der Waals surface area contributed by atoms with E-state index in [2.05, 4.69) is 10.0 Å². The third kappa shape index (κ3) is 3.71. The maximum absolute atomic E-state index is 12.4. The van der Waals surface area contributed by atoms with Crippen molar-refractivity contribution in [3.63, 3.8) is 0 Å². The molecule has 1 aliphatic rings. The smallest absolute Gasteiger partial charge is 0.240 e. The second kappa shape index (κ2) is 6.56. The van der Waals surface area contributed by atoms with Crippen LogP contribution in [0.5, 0.6) is 0 Å². The van der Waals surface area contributed by atoms with E-state index in [1.165, 1.54) is 0 Å². The highest BCUT2D eigenvalue weighted by atomic mass is 32.2. The minimum atomic E-state index is -3.41. The van der Waals surface area contributed by atoms with E-state index in [0.29, 0.717) is 11.4 Å². The Labute approximate surface area is 121 Å². The summed E-state index contributed by atoms with van der Waals surface area (Å²) in [6.45, 7) is 2.25. The van der Waals surface area contributed by atoms with E-state index in [9.17, 15) is 8.42 Å². The number of fused-ring (bicyclic) bond motifs is 1. The summed E-state index contributed by atoms with van der Waals surface area (Å²) < 4.78 is 27.5. The molecule has 0 atom stereocenters. The Morgan fingerprint density at radius 1 is 1.35 bits per heavy atom. The highest BCUT2D eigenvalue weighted by Gasteiger charge is 2.21. The molecule has 1 aliphatic heterocycles. The number of anilines is 1. The summed E-state index contributed by atoms with van der Waals surface area (Å²) in [6.07, 6.45) is 2.59. The standard InChI is InChI=1S/C14H23N3O2S/c1-17(2)11-5-10-16-20(18,19)14-8-3-7-13-12(14)6-4-9-15-13/h3,7-8,15-16H,4-6,9-11H2,1-2H3. The van der Waals surface area contributed by atoms with Crippen LogP contribution in [0.2, 0.25) is 0 Å². The zero-order valence-electron chi connectivity index (χ0n) is 12.1. The second-order valence-electron chi connectivity index (χ2n) is 5.37. The van der Waals surface area contributed by atoms with Gasteiger partial charge in [0.1, 0.15) is 0 Å². The Hall–Kier alpha value is -1.11. The van der Waals surface area contributed by atoms with Crippen LogP contribution in [0, 0.1) is 0 Å². The number of sulfonamides is 1. The molecular weight excluding hydrogens is 274 g/mol. The van der Waals surface area contributed by atoms with Crippen molar-refractivity contribution in [1.29, 1.82) is 0 Å². The first kappa shape index (κ1) is 15.3. The van der Waals surface area contributed by atoms with Gasteiger partial charge in [0, 0.05) is 18.8 Å². The maximum atomic E-state index is 12.4. The average molecular weight is 297 g/mol. The van der Waals surface area contributed by atoms with Gasteiger partial charge in [-0.1, -0.05) is 6.07 Å². The summed E-state index contributed by atoms with van der Waals surface area (Å²) in [6, 6.07) is 5.44. The Kier molecular flexibility index (Phi) is 5.01. The van der Waals surface area contributed by atoms with Gasteiger partial charge in [0.05, 0.1) is 4.90 Å². The van der Waals surface area contributed by atoms with Gasteiger partial charge in [0.25, 0.3) is 0 Å². The van der Waals surface area contributed by atoms with E-state index in [-0.39, 0.29) is 0 Å². The van der Waals surface area contributed by atoms with E-state index < -0.39 is 10.0 Å². The summed E-state index contributed by atoms with van der Waals surface area (Å²) in [7, 11) is 0.552. The fourth-order valence-electron chi connectivity index (χ4n) is 2.41. The van der Waals surface area contributed by atoms with Gasteiger partial charge in [-0.15, -0.1) is 0 Å². The molecule has 0 spiro atoms. The molecule has 2 N–H and O–H groups in total. The lowest BCUT2D eigenvalue weighted by atomic mass is 10.0. The molecule has 0 fully saturated rings. The van der Waals surface area contributed by atoms with E-state index >= 15 is 0 Å². The monoisotopic (exact) mass is 297 g/mol. The summed E-state index contributed by atoms with van der Waals surface area (Å²) in [5, 5.41) is 3.26. The highest BCUT2D eigenvalue weighted by molar-refractivity contribution is 7.89. The van der Waals surface area contributed by atoms with Gasteiger partial charge in [-0.25, -0.2) is 13.1 Å². The lowest BCUT2D eigenvalue weighted by Crippen LogP contribution is -2.28. The van der Waals surface area contributed by atoms with Crippen molar-refractivity contribution in [3.05, 3.63) is 23.8 Å². The zero-order valence-corrected chi connectivity index (χ0v) is 13.0. The highest BCUT2D eigenvalue weighted by Crippen LogP contribution is 2.28. The van der Waals surface area contributed by atoms with Crippen molar-refractivity contribution in [2.45, 2.75) is 24.2 Å². The summed E-state index contributed by atoms with van der Waals surface area (Å²) in [5.41, 5.74) is 1.87. The van der Waals surface area contributed by atoms with Crippen LogP contribution in [0.15, 0.2) is 23.1 Å². The second-order valence-corrected chi connectivity index (χ2v) is 7.10. The molecule has 0 amide bonds. The number of benzene rings is 1. The summed E-state index contributed by atoms with van der Waals surface area (Å²) >= 11 is 0. The predicted octanol–water partition coefficient (Wildman–Crippen LogP) is 1.27. The van der Waals surface area contributed by atoms with Crippen LogP contribution >= 0.6 is 0 Å². The average Bonchev–Trinajstić information content (AvgIpc) is 2.43. The van der Waals surface area contributed by atoms with E-state index in [1.807, 2.05) is 25.1 Å². The largest absolute Gasteiger partial charge is 0.385 e. The Balaban J connectivity index is 2.09. The third-order valence-corrected chi connectivity index (χ3v) is 4.96. The first-order valence-corrected chi connectivity index (χ1v) is 8.49. The van der Waals surface area contributed by atoms with Crippen molar-refractivity contribution < 1.29 is 8.42 Å². The molecule has 0 aromatic heterocycles. The van der Waals surface area contributed by atoms with Crippen molar-refractivity contribution in [1.82, 2.24) is 9.62 Å². The molecule has 1 aromatic carbocycles. The van der Waals surface area contributed by atoms with Gasteiger partial charge >= 0.3 is 0 Å². The zero-order chi connectivity index (χ0) is 14.6. The van der Waals surface area contributed by atoms with E-state index in [1.54, 1.807) is 12.1 Å². The van der Waals surface area contributed by atoms with Crippen LogP contribution in [0.25, 0.3) is 0 Å². The number of nitrogens with zero attached hydrogens (tertiary/aromatic N) is 1. The Morgan fingerprint density at radius 2 is 2.15 bits per heavy atom. The molecule has 0 unspecified atom stereocenters. The number of hydrogen-bond acceptors (Lipinski definition) is 4. The molecule has 6 heteroatoms. The third-order valence-electron chi connectivity index (χ3n) is 3.42. The number of nitrogens with one attached hydrogen (secondary N) is 2. The van der Waals surface area contributed by atoms with Gasteiger partial charge in [0.15, 0.2) is 0 Å². The van der Waals surface area contributed by atoms with Crippen molar-refractivity contribution in [2.24, 2.45) is 0 Å². The molecule has 0 saturated heterocycles.